The Hall–Kier alpha value is -2.11. The van der Waals surface area contributed by atoms with E-state index in [1.165, 1.54) is 11.8 Å². The Morgan fingerprint density at radius 2 is 1.83 bits per heavy atom. The molecule has 0 aliphatic carbocycles. The van der Waals surface area contributed by atoms with Crippen molar-refractivity contribution in [2.45, 2.75) is 6.92 Å². The molecule has 0 saturated carbocycles. The summed E-state index contributed by atoms with van der Waals surface area (Å²) in [6, 6.07) is 15.3. The van der Waals surface area contributed by atoms with Crippen LogP contribution in [0.3, 0.4) is 0 Å². The summed E-state index contributed by atoms with van der Waals surface area (Å²) >= 11 is 6.71. The summed E-state index contributed by atoms with van der Waals surface area (Å²) in [6.07, 6.45) is 1.90. The van der Waals surface area contributed by atoms with E-state index in [1.807, 2.05) is 61.5 Å². The molecule has 3 rings (SSSR count). The van der Waals surface area contributed by atoms with E-state index in [9.17, 15) is 4.79 Å². The first-order valence-electron chi connectivity index (χ1n) is 7.08. The third-order valence-electron chi connectivity index (χ3n) is 3.60. The van der Waals surface area contributed by atoms with E-state index < -0.39 is 0 Å². The molecule has 1 fully saturated rings. The first kappa shape index (κ1) is 15.8. The molecule has 1 aliphatic rings. The van der Waals surface area contributed by atoms with Crippen LogP contribution in [0.15, 0.2) is 53.4 Å². The summed E-state index contributed by atoms with van der Waals surface area (Å²) < 4.78 is 5.69. The van der Waals surface area contributed by atoms with Gasteiger partial charge in [-0.15, -0.1) is 0 Å². The zero-order chi connectivity index (χ0) is 16.4. The summed E-state index contributed by atoms with van der Waals surface area (Å²) in [5.74, 6) is 0.656. The number of hydrogen-bond acceptors (Lipinski definition) is 4. The first-order valence-corrected chi connectivity index (χ1v) is 8.30. The van der Waals surface area contributed by atoms with Gasteiger partial charge in [-0.1, -0.05) is 48.2 Å². The molecule has 1 aliphatic heterocycles. The molecule has 1 saturated heterocycles. The topological polar surface area (TPSA) is 29.5 Å². The molecule has 1 amide bonds. The van der Waals surface area contributed by atoms with E-state index in [-0.39, 0.29) is 5.91 Å². The molecular formula is C18H15NO2S2. The van der Waals surface area contributed by atoms with Gasteiger partial charge in [0, 0.05) is 0 Å². The summed E-state index contributed by atoms with van der Waals surface area (Å²) in [4.78, 5) is 14.9. The molecule has 1 heterocycles. The van der Waals surface area contributed by atoms with Crippen molar-refractivity contribution in [3.63, 3.8) is 0 Å². The highest BCUT2D eigenvalue weighted by Gasteiger charge is 2.33. The molecule has 0 unspecified atom stereocenters. The van der Waals surface area contributed by atoms with Crippen LogP contribution in [-0.4, -0.2) is 17.3 Å². The Balaban J connectivity index is 1.92. The quantitative estimate of drug-likeness (QED) is 0.611. The number of carbonyl (C=O) groups excluding carboxylic acids is 1. The van der Waals surface area contributed by atoms with E-state index >= 15 is 0 Å². The van der Waals surface area contributed by atoms with Crippen molar-refractivity contribution in [1.82, 2.24) is 0 Å². The van der Waals surface area contributed by atoms with E-state index in [1.54, 1.807) is 12.0 Å². The van der Waals surface area contributed by atoms with E-state index in [2.05, 4.69) is 0 Å². The Labute approximate surface area is 144 Å². The smallest absolute Gasteiger partial charge is 0.270 e. The average molecular weight is 341 g/mol. The van der Waals surface area contributed by atoms with Gasteiger partial charge in [-0.05, 0) is 48.4 Å². The SMILES string of the molecule is COc1ccc(N2C(=O)/C(=C\c3ccccc3C)SC2=S)cc1. The number of thioether (sulfide) groups is 1. The van der Waals surface area contributed by atoms with Crippen LogP contribution < -0.4 is 9.64 Å². The highest BCUT2D eigenvalue weighted by atomic mass is 32.2. The molecule has 5 heteroatoms. The van der Waals surface area contributed by atoms with Gasteiger partial charge in [0.2, 0.25) is 0 Å². The number of hydrogen-bond donors (Lipinski definition) is 0. The van der Waals surface area contributed by atoms with Crippen LogP contribution in [0.1, 0.15) is 11.1 Å². The maximum Gasteiger partial charge on any atom is 0.270 e. The Morgan fingerprint density at radius 3 is 2.48 bits per heavy atom. The third-order valence-corrected chi connectivity index (χ3v) is 4.90. The number of rotatable bonds is 3. The lowest BCUT2D eigenvalue weighted by molar-refractivity contribution is -0.113. The fraction of sp³-hybridized carbons (Fsp3) is 0.111. The van der Waals surface area contributed by atoms with Crippen molar-refractivity contribution in [3.8, 4) is 5.75 Å². The van der Waals surface area contributed by atoms with Crippen molar-refractivity contribution in [3.05, 3.63) is 64.6 Å². The molecule has 0 N–H and O–H groups in total. The van der Waals surface area contributed by atoms with E-state index in [4.69, 9.17) is 17.0 Å². The number of aryl methyl sites for hydroxylation is 1. The Morgan fingerprint density at radius 1 is 1.13 bits per heavy atom. The monoisotopic (exact) mass is 341 g/mol. The molecular weight excluding hydrogens is 326 g/mol. The number of thiocarbonyl (C=S) groups is 1. The van der Waals surface area contributed by atoms with Crippen LogP contribution in [0.5, 0.6) is 5.75 Å². The Bertz CT molecular complexity index is 797. The van der Waals surface area contributed by atoms with Crippen molar-refractivity contribution in [2.75, 3.05) is 12.0 Å². The fourth-order valence-corrected chi connectivity index (χ4v) is 3.60. The highest BCUT2D eigenvalue weighted by molar-refractivity contribution is 8.27. The molecule has 0 bridgehead atoms. The second-order valence-electron chi connectivity index (χ2n) is 5.07. The van der Waals surface area contributed by atoms with Gasteiger partial charge in [0.15, 0.2) is 4.32 Å². The minimum Gasteiger partial charge on any atom is -0.497 e. The van der Waals surface area contributed by atoms with Crippen LogP contribution in [0.2, 0.25) is 0 Å². The number of anilines is 1. The van der Waals surface area contributed by atoms with Gasteiger partial charge in [-0.2, -0.15) is 0 Å². The zero-order valence-corrected chi connectivity index (χ0v) is 14.4. The molecule has 116 valence electrons. The lowest BCUT2D eigenvalue weighted by atomic mass is 10.1. The molecule has 23 heavy (non-hydrogen) atoms. The van der Waals surface area contributed by atoms with Crippen LogP contribution >= 0.6 is 24.0 Å². The molecule has 0 radical (unpaired) electrons. The number of methoxy groups -OCH3 is 1. The molecule has 0 spiro atoms. The number of nitrogens with zero attached hydrogens (tertiary/aromatic N) is 1. The number of ether oxygens (including phenoxy) is 1. The number of benzene rings is 2. The lowest BCUT2D eigenvalue weighted by Crippen LogP contribution is -2.27. The maximum atomic E-state index is 12.7. The van der Waals surface area contributed by atoms with Gasteiger partial charge in [0.25, 0.3) is 5.91 Å². The number of amides is 1. The maximum absolute atomic E-state index is 12.7. The summed E-state index contributed by atoms with van der Waals surface area (Å²) in [5.41, 5.74) is 2.91. The second kappa shape index (κ2) is 6.56. The molecule has 3 nitrogen and oxygen atoms in total. The predicted molar refractivity (Wildman–Crippen MR) is 99.8 cm³/mol. The second-order valence-corrected chi connectivity index (χ2v) is 6.75. The first-order chi connectivity index (χ1) is 11.1. The summed E-state index contributed by atoms with van der Waals surface area (Å²) in [6.45, 7) is 2.02. The largest absolute Gasteiger partial charge is 0.497 e. The zero-order valence-electron chi connectivity index (χ0n) is 12.8. The van der Waals surface area contributed by atoms with Crippen molar-refractivity contribution >= 4 is 46.0 Å². The van der Waals surface area contributed by atoms with Crippen LogP contribution in [-0.2, 0) is 4.79 Å². The average Bonchev–Trinajstić information content (AvgIpc) is 2.84. The minimum absolute atomic E-state index is 0.0894. The van der Waals surface area contributed by atoms with Crippen LogP contribution in [0.25, 0.3) is 6.08 Å². The number of carbonyl (C=O) groups is 1. The normalized spacial score (nSPS) is 16.3. The van der Waals surface area contributed by atoms with Gasteiger partial charge in [0.05, 0.1) is 17.7 Å². The highest BCUT2D eigenvalue weighted by Crippen LogP contribution is 2.36. The van der Waals surface area contributed by atoms with Gasteiger partial charge < -0.3 is 4.74 Å². The van der Waals surface area contributed by atoms with Crippen molar-refractivity contribution in [2.24, 2.45) is 0 Å². The van der Waals surface area contributed by atoms with Crippen molar-refractivity contribution in [1.29, 1.82) is 0 Å². The molecule has 2 aromatic rings. The fourth-order valence-electron chi connectivity index (χ4n) is 2.31. The summed E-state index contributed by atoms with van der Waals surface area (Å²) in [7, 11) is 1.61. The molecule has 2 aromatic carbocycles. The standard InChI is InChI=1S/C18H15NO2S2/c1-12-5-3-4-6-13(12)11-16-17(20)19(18(22)23-16)14-7-9-15(21-2)10-8-14/h3-11H,1-2H3/b16-11+. The van der Waals surface area contributed by atoms with Gasteiger partial charge in [0.1, 0.15) is 5.75 Å². The Kier molecular flexibility index (Phi) is 4.50. The molecule has 0 aromatic heterocycles. The van der Waals surface area contributed by atoms with Crippen molar-refractivity contribution < 1.29 is 9.53 Å². The van der Waals surface area contributed by atoms with E-state index in [0.717, 1.165) is 22.6 Å². The van der Waals surface area contributed by atoms with Crippen LogP contribution in [0, 0.1) is 6.92 Å². The minimum atomic E-state index is -0.0894. The van der Waals surface area contributed by atoms with Gasteiger partial charge in [-0.3, -0.25) is 9.69 Å². The summed E-state index contributed by atoms with van der Waals surface area (Å²) in [5, 5.41) is 0. The third kappa shape index (κ3) is 3.16. The lowest BCUT2D eigenvalue weighted by Gasteiger charge is -2.14. The van der Waals surface area contributed by atoms with E-state index in [0.29, 0.717) is 9.23 Å². The van der Waals surface area contributed by atoms with Gasteiger partial charge in [-0.25, -0.2) is 0 Å². The van der Waals surface area contributed by atoms with Gasteiger partial charge >= 0.3 is 0 Å². The van der Waals surface area contributed by atoms with Crippen LogP contribution in [0.4, 0.5) is 5.69 Å². The molecule has 0 atom stereocenters. The predicted octanol–water partition coefficient (Wildman–Crippen LogP) is 4.41.